The van der Waals surface area contributed by atoms with Crippen LogP contribution < -0.4 is 5.32 Å². The average Bonchev–Trinajstić information content (AvgIpc) is 2.49. The van der Waals surface area contributed by atoms with Crippen molar-refractivity contribution in [1.29, 1.82) is 0 Å². The summed E-state index contributed by atoms with van der Waals surface area (Å²) in [5.74, 6) is 1.45. The molecular weight excluding hydrogens is 146 g/mol. The topological polar surface area (TPSA) is 12.0 Å². The lowest BCUT2D eigenvalue weighted by Gasteiger charge is -2.20. The molecule has 1 N–H and O–H groups in total. The molecule has 1 heterocycles. The highest BCUT2D eigenvalue weighted by atomic mass is 14.9. The van der Waals surface area contributed by atoms with E-state index in [2.05, 4.69) is 37.4 Å². The van der Waals surface area contributed by atoms with Crippen LogP contribution in [-0.2, 0) is 0 Å². The minimum absolute atomic E-state index is 0.632. The van der Waals surface area contributed by atoms with E-state index in [1.54, 1.807) is 0 Å². The number of hydrogen-bond donors (Lipinski definition) is 1. The van der Waals surface area contributed by atoms with Crippen LogP contribution in [0.15, 0.2) is 23.8 Å². The van der Waals surface area contributed by atoms with E-state index in [9.17, 15) is 0 Å². The van der Waals surface area contributed by atoms with Crippen molar-refractivity contribution in [1.82, 2.24) is 5.32 Å². The standard InChI is InChI=1S/C11H17N/c1-8(2)9-3-4-11-10(7-9)5-6-12-11/h3-4,7-8,10-12H,5-6H2,1-2H3. The van der Waals surface area contributed by atoms with Gasteiger partial charge in [0, 0.05) is 6.04 Å². The van der Waals surface area contributed by atoms with Crippen LogP contribution in [0.25, 0.3) is 0 Å². The first kappa shape index (κ1) is 8.06. The van der Waals surface area contributed by atoms with Crippen molar-refractivity contribution in [2.75, 3.05) is 6.54 Å². The summed E-state index contributed by atoms with van der Waals surface area (Å²) in [7, 11) is 0. The van der Waals surface area contributed by atoms with Gasteiger partial charge >= 0.3 is 0 Å². The van der Waals surface area contributed by atoms with Crippen molar-refractivity contribution >= 4 is 0 Å². The maximum absolute atomic E-state index is 3.49. The molecule has 1 aliphatic heterocycles. The molecule has 0 saturated carbocycles. The van der Waals surface area contributed by atoms with Gasteiger partial charge in [0.05, 0.1) is 0 Å². The first-order valence-corrected chi connectivity index (χ1v) is 4.90. The summed E-state index contributed by atoms with van der Waals surface area (Å²) in [6.45, 7) is 5.71. The largest absolute Gasteiger partial charge is 0.310 e. The van der Waals surface area contributed by atoms with Crippen LogP contribution in [-0.4, -0.2) is 12.6 Å². The lowest BCUT2D eigenvalue weighted by molar-refractivity contribution is 0.595. The van der Waals surface area contributed by atoms with Crippen molar-refractivity contribution in [2.45, 2.75) is 26.3 Å². The van der Waals surface area contributed by atoms with E-state index in [1.165, 1.54) is 18.5 Å². The van der Waals surface area contributed by atoms with Crippen LogP contribution in [0, 0.1) is 11.8 Å². The Labute approximate surface area is 74.5 Å². The molecule has 0 radical (unpaired) electrons. The molecule has 66 valence electrons. The fourth-order valence-electron chi connectivity index (χ4n) is 2.05. The van der Waals surface area contributed by atoms with Crippen LogP contribution in [0.4, 0.5) is 0 Å². The highest BCUT2D eigenvalue weighted by Gasteiger charge is 2.25. The molecule has 2 aliphatic rings. The Morgan fingerprint density at radius 1 is 1.50 bits per heavy atom. The van der Waals surface area contributed by atoms with Crippen LogP contribution >= 0.6 is 0 Å². The Bertz CT molecular complexity index is 225. The first-order chi connectivity index (χ1) is 5.77. The summed E-state index contributed by atoms with van der Waals surface area (Å²) >= 11 is 0. The van der Waals surface area contributed by atoms with Crippen molar-refractivity contribution < 1.29 is 0 Å². The normalized spacial score (nSPS) is 33.8. The van der Waals surface area contributed by atoms with Crippen molar-refractivity contribution in [3.8, 4) is 0 Å². The molecule has 0 aromatic rings. The summed E-state index contributed by atoms with van der Waals surface area (Å²) in [6.07, 6.45) is 8.37. The minimum Gasteiger partial charge on any atom is -0.310 e. The summed E-state index contributed by atoms with van der Waals surface area (Å²) in [5.41, 5.74) is 1.51. The minimum atomic E-state index is 0.632. The second kappa shape index (κ2) is 3.06. The Morgan fingerprint density at radius 2 is 2.33 bits per heavy atom. The van der Waals surface area contributed by atoms with Gasteiger partial charge in [-0.25, -0.2) is 0 Å². The Hall–Kier alpha value is -0.560. The molecule has 2 atom stereocenters. The molecule has 1 heteroatoms. The van der Waals surface area contributed by atoms with Gasteiger partial charge in [0.2, 0.25) is 0 Å². The highest BCUT2D eigenvalue weighted by Crippen LogP contribution is 2.27. The van der Waals surface area contributed by atoms with Crippen LogP contribution in [0.2, 0.25) is 0 Å². The SMILES string of the molecule is CC(C)C1=CC2CCNC2C=C1. The van der Waals surface area contributed by atoms with E-state index in [4.69, 9.17) is 0 Å². The van der Waals surface area contributed by atoms with Gasteiger partial charge in [-0.2, -0.15) is 0 Å². The van der Waals surface area contributed by atoms with Crippen LogP contribution in [0.1, 0.15) is 20.3 Å². The molecule has 1 aliphatic carbocycles. The molecule has 0 aromatic carbocycles. The zero-order chi connectivity index (χ0) is 8.55. The Balaban J connectivity index is 2.15. The molecule has 0 bridgehead atoms. The molecule has 2 rings (SSSR count). The highest BCUT2D eigenvalue weighted by molar-refractivity contribution is 5.29. The molecule has 1 nitrogen and oxygen atoms in total. The van der Waals surface area contributed by atoms with E-state index >= 15 is 0 Å². The van der Waals surface area contributed by atoms with Crippen molar-refractivity contribution in [3.05, 3.63) is 23.8 Å². The third-order valence-electron chi connectivity index (χ3n) is 2.89. The van der Waals surface area contributed by atoms with Crippen molar-refractivity contribution in [2.24, 2.45) is 11.8 Å². The van der Waals surface area contributed by atoms with Gasteiger partial charge in [-0.1, -0.05) is 32.1 Å². The third-order valence-corrected chi connectivity index (χ3v) is 2.89. The summed E-state index contributed by atoms with van der Waals surface area (Å²) < 4.78 is 0. The fraction of sp³-hybridized carbons (Fsp3) is 0.636. The molecule has 1 saturated heterocycles. The second-order valence-electron chi connectivity index (χ2n) is 4.11. The molecule has 0 spiro atoms. The molecule has 0 amide bonds. The monoisotopic (exact) mass is 163 g/mol. The number of allylic oxidation sites excluding steroid dienone is 2. The van der Waals surface area contributed by atoms with Crippen LogP contribution in [0.3, 0.4) is 0 Å². The Kier molecular flexibility index (Phi) is 2.05. The van der Waals surface area contributed by atoms with Gasteiger partial charge in [-0.15, -0.1) is 0 Å². The summed E-state index contributed by atoms with van der Waals surface area (Å²) in [6, 6.07) is 0.632. The number of hydrogen-bond acceptors (Lipinski definition) is 1. The number of nitrogens with one attached hydrogen (secondary N) is 1. The lowest BCUT2D eigenvalue weighted by Crippen LogP contribution is -2.25. The zero-order valence-corrected chi connectivity index (χ0v) is 7.88. The van der Waals surface area contributed by atoms with E-state index in [0.717, 1.165) is 5.92 Å². The third kappa shape index (κ3) is 1.34. The molecule has 12 heavy (non-hydrogen) atoms. The predicted octanol–water partition coefficient (Wildman–Crippen LogP) is 2.12. The predicted molar refractivity (Wildman–Crippen MR) is 52.0 cm³/mol. The van der Waals surface area contributed by atoms with Crippen LogP contribution in [0.5, 0.6) is 0 Å². The van der Waals surface area contributed by atoms with E-state index in [-0.39, 0.29) is 0 Å². The van der Waals surface area contributed by atoms with E-state index in [1.807, 2.05) is 0 Å². The molecule has 1 fully saturated rings. The van der Waals surface area contributed by atoms with Gasteiger partial charge in [0.1, 0.15) is 0 Å². The van der Waals surface area contributed by atoms with Gasteiger partial charge in [0.15, 0.2) is 0 Å². The first-order valence-electron chi connectivity index (χ1n) is 4.90. The van der Waals surface area contributed by atoms with E-state index in [0.29, 0.717) is 12.0 Å². The summed E-state index contributed by atoms with van der Waals surface area (Å²) in [4.78, 5) is 0. The van der Waals surface area contributed by atoms with E-state index < -0.39 is 0 Å². The average molecular weight is 163 g/mol. The zero-order valence-electron chi connectivity index (χ0n) is 7.88. The van der Waals surface area contributed by atoms with Crippen molar-refractivity contribution in [3.63, 3.8) is 0 Å². The summed E-state index contributed by atoms with van der Waals surface area (Å²) in [5, 5.41) is 3.49. The fourth-order valence-corrected chi connectivity index (χ4v) is 2.05. The number of rotatable bonds is 1. The molecule has 0 aromatic heterocycles. The lowest BCUT2D eigenvalue weighted by atomic mass is 9.88. The molecule has 2 unspecified atom stereocenters. The smallest absolute Gasteiger partial charge is 0.0316 e. The molecular formula is C11H17N. The van der Waals surface area contributed by atoms with Gasteiger partial charge in [-0.05, 0) is 30.4 Å². The number of fused-ring (bicyclic) bond motifs is 1. The Morgan fingerprint density at radius 3 is 3.08 bits per heavy atom. The maximum Gasteiger partial charge on any atom is 0.0316 e. The van der Waals surface area contributed by atoms with Gasteiger partial charge < -0.3 is 5.32 Å². The van der Waals surface area contributed by atoms with Gasteiger partial charge in [-0.3, -0.25) is 0 Å². The maximum atomic E-state index is 3.49. The second-order valence-corrected chi connectivity index (χ2v) is 4.11. The van der Waals surface area contributed by atoms with Gasteiger partial charge in [0.25, 0.3) is 0 Å². The quantitative estimate of drug-likeness (QED) is 0.624.